The molecule has 6 heteroatoms. The van der Waals surface area contributed by atoms with Crippen molar-refractivity contribution in [2.75, 3.05) is 25.1 Å². The van der Waals surface area contributed by atoms with E-state index in [1.165, 1.54) is 6.07 Å². The Labute approximate surface area is 146 Å². The van der Waals surface area contributed by atoms with Crippen molar-refractivity contribution in [1.29, 1.82) is 0 Å². The van der Waals surface area contributed by atoms with Crippen LogP contribution in [-0.4, -0.2) is 25.7 Å². The Bertz CT molecular complexity index is 749. The number of hydrogen-bond acceptors (Lipinski definition) is 3. The van der Waals surface area contributed by atoms with Gasteiger partial charge in [0.1, 0.15) is 5.82 Å². The lowest BCUT2D eigenvalue weighted by molar-refractivity contribution is 0.297. The fourth-order valence-electron chi connectivity index (χ4n) is 2.48. The van der Waals surface area contributed by atoms with Crippen molar-refractivity contribution in [2.24, 2.45) is 4.99 Å². The Morgan fingerprint density at radius 2 is 1.92 bits per heavy atom. The van der Waals surface area contributed by atoms with Gasteiger partial charge >= 0.3 is 0 Å². The average Bonchev–Trinajstić information content (AvgIpc) is 2.86. The Balaban J connectivity index is 1.74. The number of ether oxygens (including phenoxy) is 2. The number of fused-ring (bicyclic) bond motifs is 1. The first-order chi connectivity index (χ1) is 12.3. The van der Waals surface area contributed by atoms with Gasteiger partial charge in [-0.3, -0.25) is 0 Å². The molecule has 0 saturated heterocycles. The van der Waals surface area contributed by atoms with Crippen LogP contribution in [0.5, 0.6) is 11.5 Å². The van der Waals surface area contributed by atoms with Crippen LogP contribution < -0.4 is 20.1 Å². The number of benzene rings is 2. The van der Waals surface area contributed by atoms with E-state index in [4.69, 9.17) is 9.47 Å². The monoisotopic (exact) mass is 343 g/mol. The summed E-state index contributed by atoms with van der Waals surface area (Å²) in [5, 5.41) is 6.38. The van der Waals surface area contributed by atoms with E-state index >= 15 is 0 Å². The molecule has 25 heavy (non-hydrogen) atoms. The number of nitrogens with zero attached hydrogens (tertiary/aromatic N) is 1. The van der Waals surface area contributed by atoms with Crippen LogP contribution in [0.3, 0.4) is 0 Å². The summed E-state index contributed by atoms with van der Waals surface area (Å²) in [6.07, 6.45) is 0.865. The van der Waals surface area contributed by atoms with Crippen LogP contribution in [0, 0.1) is 5.82 Å². The van der Waals surface area contributed by atoms with E-state index in [-0.39, 0.29) is 12.4 Å². The molecule has 1 heterocycles. The number of halogens is 1. The van der Waals surface area contributed by atoms with Crippen LogP contribution in [-0.2, 0) is 6.54 Å². The number of nitrogens with one attached hydrogen (secondary N) is 2. The SMILES string of the molecule is CCNC(=NCc1ccccc1F)Nc1ccc2c(c1)OCCCO2. The molecule has 0 aromatic heterocycles. The maximum Gasteiger partial charge on any atom is 0.196 e. The third-order valence-corrected chi connectivity index (χ3v) is 3.72. The van der Waals surface area contributed by atoms with Crippen molar-refractivity contribution < 1.29 is 13.9 Å². The summed E-state index contributed by atoms with van der Waals surface area (Å²) in [5.41, 5.74) is 1.39. The van der Waals surface area contributed by atoms with Crippen LogP contribution in [0.4, 0.5) is 10.1 Å². The summed E-state index contributed by atoms with van der Waals surface area (Å²) in [5.74, 6) is 1.79. The highest BCUT2D eigenvalue weighted by molar-refractivity contribution is 5.93. The van der Waals surface area contributed by atoms with E-state index in [9.17, 15) is 4.39 Å². The van der Waals surface area contributed by atoms with Gasteiger partial charge in [-0.1, -0.05) is 18.2 Å². The zero-order valence-electron chi connectivity index (χ0n) is 14.2. The first kappa shape index (κ1) is 17.1. The quantitative estimate of drug-likeness (QED) is 0.658. The fraction of sp³-hybridized carbons (Fsp3) is 0.316. The van der Waals surface area contributed by atoms with Crippen LogP contribution >= 0.6 is 0 Å². The first-order valence-corrected chi connectivity index (χ1v) is 8.44. The lowest BCUT2D eigenvalue weighted by atomic mass is 10.2. The number of aliphatic imine (C=N–C) groups is 1. The van der Waals surface area contributed by atoms with Gasteiger partial charge in [0.05, 0.1) is 19.8 Å². The van der Waals surface area contributed by atoms with Gasteiger partial charge in [0.25, 0.3) is 0 Å². The summed E-state index contributed by atoms with van der Waals surface area (Å²) in [7, 11) is 0. The third-order valence-electron chi connectivity index (χ3n) is 3.72. The molecule has 2 aromatic rings. The Morgan fingerprint density at radius 3 is 2.72 bits per heavy atom. The van der Waals surface area contributed by atoms with Gasteiger partial charge in [-0.15, -0.1) is 0 Å². The summed E-state index contributed by atoms with van der Waals surface area (Å²) >= 11 is 0. The van der Waals surface area contributed by atoms with E-state index < -0.39 is 0 Å². The van der Waals surface area contributed by atoms with Gasteiger partial charge in [0.2, 0.25) is 0 Å². The average molecular weight is 343 g/mol. The summed E-state index contributed by atoms with van der Waals surface area (Å²) in [6.45, 7) is 4.24. The largest absolute Gasteiger partial charge is 0.490 e. The van der Waals surface area contributed by atoms with Gasteiger partial charge < -0.3 is 20.1 Å². The Hall–Kier alpha value is -2.76. The van der Waals surface area contributed by atoms with Crippen LogP contribution in [0.1, 0.15) is 18.9 Å². The van der Waals surface area contributed by atoms with Crippen molar-refractivity contribution >= 4 is 11.6 Å². The molecule has 0 spiro atoms. The molecule has 132 valence electrons. The van der Waals surface area contributed by atoms with E-state index in [2.05, 4.69) is 15.6 Å². The van der Waals surface area contributed by atoms with Crippen LogP contribution in [0.2, 0.25) is 0 Å². The summed E-state index contributed by atoms with van der Waals surface area (Å²) in [4.78, 5) is 4.45. The van der Waals surface area contributed by atoms with E-state index in [1.807, 2.05) is 25.1 Å². The highest BCUT2D eigenvalue weighted by Crippen LogP contribution is 2.32. The molecule has 2 aromatic carbocycles. The van der Waals surface area contributed by atoms with Gasteiger partial charge in [-0.25, -0.2) is 9.38 Å². The van der Waals surface area contributed by atoms with Crippen molar-refractivity contribution in [2.45, 2.75) is 19.9 Å². The predicted octanol–water partition coefficient (Wildman–Crippen LogP) is 3.56. The minimum atomic E-state index is -0.252. The molecule has 0 radical (unpaired) electrons. The molecule has 0 aliphatic carbocycles. The normalized spacial score (nSPS) is 13.9. The first-order valence-electron chi connectivity index (χ1n) is 8.44. The predicted molar refractivity (Wildman–Crippen MR) is 96.9 cm³/mol. The maximum absolute atomic E-state index is 13.7. The minimum absolute atomic E-state index is 0.252. The van der Waals surface area contributed by atoms with Gasteiger partial charge in [0, 0.05) is 30.3 Å². The number of rotatable bonds is 4. The third kappa shape index (κ3) is 4.62. The zero-order valence-corrected chi connectivity index (χ0v) is 14.2. The lowest BCUT2D eigenvalue weighted by Gasteiger charge is -2.14. The highest BCUT2D eigenvalue weighted by Gasteiger charge is 2.11. The van der Waals surface area contributed by atoms with Crippen molar-refractivity contribution in [3.63, 3.8) is 0 Å². The maximum atomic E-state index is 13.7. The molecular formula is C19H22FN3O2. The van der Waals surface area contributed by atoms with E-state index in [0.29, 0.717) is 37.0 Å². The molecule has 0 fully saturated rings. The molecule has 0 unspecified atom stereocenters. The molecule has 1 aliphatic rings. The second kappa shape index (κ2) is 8.37. The number of anilines is 1. The molecule has 5 nitrogen and oxygen atoms in total. The summed E-state index contributed by atoms with van der Waals surface area (Å²) in [6, 6.07) is 12.3. The second-order valence-electron chi connectivity index (χ2n) is 5.62. The van der Waals surface area contributed by atoms with Crippen LogP contribution in [0.15, 0.2) is 47.5 Å². The molecular weight excluding hydrogens is 321 g/mol. The standard InChI is InChI=1S/C19H22FN3O2/c1-2-21-19(22-13-14-6-3-4-7-16(14)20)23-15-8-9-17-18(12-15)25-11-5-10-24-17/h3-4,6-9,12H,2,5,10-11,13H2,1H3,(H2,21,22,23). The number of hydrogen-bond donors (Lipinski definition) is 2. The van der Waals surface area contributed by atoms with Crippen molar-refractivity contribution in [3.8, 4) is 11.5 Å². The lowest BCUT2D eigenvalue weighted by Crippen LogP contribution is -2.30. The van der Waals surface area contributed by atoms with Gasteiger partial charge in [-0.05, 0) is 25.1 Å². The van der Waals surface area contributed by atoms with Crippen molar-refractivity contribution in [3.05, 3.63) is 53.8 Å². The Kier molecular flexibility index (Phi) is 5.72. The molecule has 0 saturated carbocycles. The van der Waals surface area contributed by atoms with Crippen molar-refractivity contribution in [1.82, 2.24) is 5.32 Å². The minimum Gasteiger partial charge on any atom is -0.490 e. The smallest absolute Gasteiger partial charge is 0.196 e. The topological polar surface area (TPSA) is 54.9 Å². The van der Waals surface area contributed by atoms with Gasteiger partial charge in [0.15, 0.2) is 17.5 Å². The molecule has 2 N–H and O–H groups in total. The highest BCUT2D eigenvalue weighted by atomic mass is 19.1. The van der Waals surface area contributed by atoms with E-state index in [1.54, 1.807) is 18.2 Å². The zero-order chi connectivity index (χ0) is 17.5. The molecule has 1 aliphatic heterocycles. The van der Waals surface area contributed by atoms with Gasteiger partial charge in [-0.2, -0.15) is 0 Å². The molecule has 3 rings (SSSR count). The Morgan fingerprint density at radius 1 is 1.12 bits per heavy atom. The molecule has 0 atom stereocenters. The fourth-order valence-corrected chi connectivity index (χ4v) is 2.48. The summed E-state index contributed by atoms with van der Waals surface area (Å²) < 4.78 is 25.1. The molecule has 0 amide bonds. The molecule has 0 bridgehead atoms. The van der Waals surface area contributed by atoms with E-state index in [0.717, 1.165) is 17.9 Å². The number of guanidine groups is 1. The second-order valence-corrected chi connectivity index (χ2v) is 5.62. The van der Waals surface area contributed by atoms with Crippen LogP contribution in [0.25, 0.3) is 0 Å².